The average Bonchev–Trinajstić information content (AvgIpc) is 2.24. The zero-order chi connectivity index (χ0) is 14.4. The van der Waals surface area contributed by atoms with Gasteiger partial charge >= 0.3 is 5.97 Å². The van der Waals surface area contributed by atoms with Gasteiger partial charge in [0.2, 0.25) is 0 Å². The van der Waals surface area contributed by atoms with E-state index in [-0.39, 0.29) is 12.4 Å². The van der Waals surface area contributed by atoms with Crippen LogP contribution in [-0.2, 0) is 19.4 Å². The highest BCUT2D eigenvalue weighted by Crippen LogP contribution is 2.11. The van der Waals surface area contributed by atoms with Crippen molar-refractivity contribution in [3.63, 3.8) is 0 Å². The summed E-state index contributed by atoms with van der Waals surface area (Å²) in [7, 11) is -3.41. The molecule has 0 rings (SSSR count). The Hall–Kier alpha value is -0.370. The second kappa shape index (κ2) is 7.28. The highest BCUT2D eigenvalue weighted by atomic mass is 35.5. The number of rotatable bonds is 8. The van der Waals surface area contributed by atoms with Gasteiger partial charge in [0.25, 0.3) is 0 Å². The maximum Gasteiger partial charge on any atom is 0.302 e. The highest BCUT2D eigenvalue weighted by Gasteiger charge is 2.23. The summed E-state index contributed by atoms with van der Waals surface area (Å²) >= 11 is 5.46. The van der Waals surface area contributed by atoms with E-state index in [2.05, 4.69) is 9.57 Å². The van der Waals surface area contributed by atoms with Gasteiger partial charge in [-0.3, -0.25) is 4.79 Å². The van der Waals surface area contributed by atoms with Gasteiger partial charge in [0.15, 0.2) is 9.84 Å². The predicted octanol–water partition coefficient (Wildman–Crippen LogP) is 0.237. The van der Waals surface area contributed by atoms with Crippen LogP contribution in [-0.4, -0.2) is 49.2 Å². The van der Waals surface area contributed by atoms with Crippen molar-refractivity contribution in [1.82, 2.24) is 4.84 Å². The highest BCUT2D eigenvalue weighted by molar-refractivity contribution is 7.91. The number of esters is 1. The minimum absolute atomic E-state index is 0.100. The van der Waals surface area contributed by atoms with Crippen molar-refractivity contribution >= 4 is 27.6 Å². The zero-order valence-electron chi connectivity index (χ0n) is 10.8. The van der Waals surface area contributed by atoms with Gasteiger partial charge in [-0.1, -0.05) is 0 Å². The minimum Gasteiger partial charge on any atom is -0.463 e. The van der Waals surface area contributed by atoms with Crippen LogP contribution in [0.25, 0.3) is 0 Å². The molecule has 0 amide bonds. The van der Waals surface area contributed by atoms with E-state index in [0.29, 0.717) is 6.42 Å². The second-order valence-corrected chi connectivity index (χ2v) is 7.22. The molecular formula is C10H20ClNO5S. The molecule has 1 unspecified atom stereocenters. The van der Waals surface area contributed by atoms with E-state index < -0.39 is 33.2 Å². The molecular weight excluding hydrogens is 282 g/mol. The second-order valence-electron chi connectivity index (χ2n) is 4.80. The van der Waals surface area contributed by atoms with Crippen LogP contribution in [0.2, 0.25) is 0 Å². The van der Waals surface area contributed by atoms with Crippen LogP contribution >= 0.6 is 11.8 Å². The molecule has 108 valence electrons. The van der Waals surface area contributed by atoms with Gasteiger partial charge in [-0.15, -0.1) is 0 Å². The first-order valence-electron chi connectivity index (χ1n) is 5.47. The van der Waals surface area contributed by atoms with Crippen LogP contribution < -0.4 is 4.84 Å². The lowest BCUT2D eigenvalue weighted by molar-refractivity contribution is -0.143. The van der Waals surface area contributed by atoms with E-state index in [9.17, 15) is 18.3 Å². The van der Waals surface area contributed by atoms with E-state index in [1.54, 1.807) is 13.8 Å². The molecule has 0 spiro atoms. The Morgan fingerprint density at radius 3 is 2.50 bits per heavy atom. The number of aliphatic hydroxyl groups is 1. The van der Waals surface area contributed by atoms with Crippen LogP contribution in [0.4, 0.5) is 0 Å². The Balaban J connectivity index is 4.19. The van der Waals surface area contributed by atoms with Gasteiger partial charge in [0, 0.05) is 12.5 Å². The fourth-order valence-corrected chi connectivity index (χ4v) is 2.86. The molecule has 0 aliphatic rings. The number of nitrogens with one attached hydrogen (secondary N) is 1. The molecule has 2 N–H and O–H groups in total. The van der Waals surface area contributed by atoms with Crippen molar-refractivity contribution in [1.29, 1.82) is 0 Å². The summed E-state index contributed by atoms with van der Waals surface area (Å²) in [6, 6.07) is 0. The maximum atomic E-state index is 11.7. The summed E-state index contributed by atoms with van der Waals surface area (Å²) in [5, 5.41) is 9.42. The van der Waals surface area contributed by atoms with E-state index in [1.165, 1.54) is 6.92 Å². The Bertz CT molecular complexity index is 368. The average molecular weight is 302 g/mol. The molecule has 0 bridgehead atoms. The SMILES string of the molecule is CC(=O)OCC(O)CS(=O)(=O)CCC(C)(C)NCl. The number of hydrogen-bond donors (Lipinski definition) is 2. The zero-order valence-corrected chi connectivity index (χ0v) is 12.3. The number of carbonyl (C=O) groups excluding carboxylic acids is 1. The molecule has 0 aromatic rings. The van der Waals surface area contributed by atoms with Crippen molar-refractivity contribution in [2.45, 2.75) is 38.8 Å². The Morgan fingerprint density at radius 2 is 2.06 bits per heavy atom. The van der Waals surface area contributed by atoms with E-state index >= 15 is 0 Å². The summed E-state index contributed by atoms with van der Waals surface area (Å²) in [5.74, 6) is -1.09. The maximum absolute atomic E-state index is 11.7. The molecule has 0 aliphatic heterocycles. The quantitative estimate of drug-likeness (QED) is 0.493. The summed E-state index contributed by atoms with van der Waals surface area (Å²) in [4.78, 5) is 13.0. The molecule has 0 aromatic heterocycles. The number of aliphatic hydroxyl groups excluding tert-OH is 1. The topological polar surface area (TPSA) is 92.7 Å². The minimum atomic E-state index is -3.41. The molecule has 0 aromatic carbocycles. The van der Waals surface area contributed by atoms with Crippen LogP contribution in [0.3, 0.4) is 0 Å². The lowest BCUT2D eigenvalue weighted by Gasteiger charge is -2.22. The molecule has 8 heteroatoms. The molecule has 0 radical (unpaired) electrons. The monoisotopic (exact) mass is 301 g/mol. The fraction of sp³-hybridized carbons (Fsp3) is 0.900. The summed E-state index contributed by atoms with van der Waals surface area (Å²) in [6.07, 6.45) is -0.884. The van der Waals surface area contributed by atoms with Crippen molar-refractivity contribution in [3.8, 4) is 0 Å². The first kappa shape index (κ1) is 17.6. The first-order chi connectivity index (χ1) is 8.08. The van der Waals surface area contributed by atoms with Crippen LogP contribution in [0.1, 0.15) is 27.2 Å². The molecule has 0 saturated carbocycles. The number of carbonyl (C=O) groups is 1. The number of sulfone groups is 1. The van der Waals surface area contributed by atoms with E-state index in [0.717, 1.165) is 0 Å². The third kappa shape index (κ3) is 8.68. The Kier molecular flexibility index (Phi) is 7.13. The molecule has 0 heterocycles. The smallest absolute Gasteiger partial charge is 0.302 e. The van der Waals surface area contributed by atoms with E-state index in [4.69, 9.17) is 11.8 Å². The summed E-state index contributed by atoms with van der Waals surface area (Å²) in [6.45, 7) is 4.41. The molecule has 6 nitrogen and oxygen atoms in total. The lowest BCUT2D eigenvalue weighted by Crippen LogP contribution is -2.36. The molecule has 18 heavy (non-hydrogen) atoms. The van der Waals surface area contributed by atoms with Crippen molar-refractivity contribution in [3.05, 3.63) is 0 Å². The van der Waals surface area contributed by atoms with Crippen LogP contribution in [0, 0.1) is 0 Å². The third-order valence-corrected chi connectivity index (χ3v) is 4.45. The van der Waals surface area contributed by atoms with Crippen molar-refractivity contribution < 1.29 is 23.1 Å². The largest absolute Gasteiger partial charge is 0.463 e. The van der Waals surface area contributed by atoms with Gasteiger partial charge in [-0.2, -0.15) is 0 Å². The molecule has 0 saturated heterocycles. The van der Waals surface area contributed by atoms with Gasteiger partial charge in [-0.25, -0.2) is 13.3 Å². The van der Waals surface area contributed by atoms with E-state index in [1.807, 2.05) is 0 Å². The lowest BCUT2D eigenvalue weighted by atomic mass is 10.0. The first-order valence-corrected chi connectivity index (χ1v) is 7.67. The fourth-order valence-electron chi connectivity index (χ4n) is 1.10. The van der Waals surface area contributed by atoms with Crippen LogP contribution in [0.5, 0.6) is 0 Å². The standard InChI is InChI=1S/C10H20ClNO5S/c1-8(13)17-6-9(14)7-18(15,16)5-4-10(2,3)12-11/h9,12,14H,4-7H2,1-3H3. The summed E-state index contributed by atoms with van der Waals surface area (Å²) in [5.41, 5.74) is -0.505. The number of ether oxygens (including phenoxy) is 1. The Labute approximate surface area is 113 Å². The number of halogens is 1. The third-order valence-electron chi connectivity index (χ3n) is 2.22. The van der Waals surface area contributed by atoms with Gasteiger partial charge in [0.1, 0.15) is 12.7 Å². The van der Waals surface area contributed by atoms with Gasteiger partial charge < -0.3 is 9.84 Å². The number of hydrogen-bond acceptors (Lipinski definition) is 6. The van der Waals surface area contributed by atoms with Gasteiger partial charge in [0.05, 0.1) is 11.5 Å². The van der Waals surface area contributed by atoms with Crippen LogP contribution in [0.15, 0.2) is 0 Å². The van der Waals surface area contributed by atoms with Crippen molar-refractivity contribution in [2.75, 3.05) is 18.1 Å². The van der Waals surface area contributed by atoms with Gasteiger partial charge in [-0.05, 0) is 32.0 Å². The molecule has 0 aliphatic carbocycles. The van der Waals surface area contributed by atoms with Crippen molar-refractivity contribution in [2.24, 2.45) is 0 Å². The molecule has 1 atom stereocenters. The molecule has 0 fully saturated rings. The summed E-state index contributed by atoms with van der Waals surface area (Å²) < 4.78 is 27.9. The Morgan fingerprint density at radius 1 is 1.50 bits per heavy atom. The predicted molar refractivity (Wildman–Crippen MR) is 69.0 cm³/mol. The normalized spacial score (nSPS) is 14.3.